The number of fused-ring (bicyclic) bond motifs is 1. The monoisotopic (exact) mass is 475 g/mol. The van der Waals surface area contributed by atoms with Gasteiger partial charge in [0, 0.05) is 29.9 Å². The fourth-order valence-electron chi connectivity index (χ4n) is 4.12. The highest BCUT2D eigenvalue weighted by Crippen LogP contribution is 2.33. The van der Waals surface area contributed by atoms with E-state index in [4.69, 9.17) is 32.9 Å². The van der Waals surface area contributed by atoms with E-state index in [0.717, 1.165) is 16.9 Å². The summed E-state index contributed by atoms with van der Waals surface area (Å²) in [7, 11) is 0. The minimum Gasteiger partial charge on any atom is -0.444 e. The van der Waals surface area contributed by atoms with Gasteiger partial charge in [-0.2, -0.15) is 5.10 Å². The van der Waals surface area contributed by atoms with Crippen LogP contribution >= 0.6 is 23.2 Å². The van der Waals surface area contributed by atoms with Crippen LogP contribution in [0.25, 0.3) is 16.8 Å². The number of carbonyl (C=O) groups excluding carboxylic acids is 1. The summed E-state index contributed by atoms with van der Waals surface area (Å²) in [5.74, 6) is 0.799. The van der Waals surface area contributed by atoms with E-state index in [2.05, 4.69) is 10.00 Å². The van der Waals surface area contributed by atoms with Crippen LogP contribution in [0.15, 0.2) is 36.7 Å². The Morgan fingerprint density at radius 3 is 2.47 bits per heavy atom. The normalized spacial score (nSPS) is 19.5. The largest absolute Gasteiger partial charge is 0.444 e. The molecule has 1 amide bonds. The zero-order valence-electron chi connectivity index (χ0n) is 18.8. The van der Waals surface area contributed by atoms with Gasteiger partial charge in [-0.15, -0.1) is 0 Å². The van der Waals surface area contributed by atoms with Crippen molar-refractivity contribution in [2.45, 2.75) is 52.3 Å². The first-order valence-corrected chi connectivity index (χ1v) is 11.3. The zero-order chi connectivity index (χ0) is 23.2. The maximum absolute atomic E-state index is 12.7. The lowest BCUT2D eigenvalue weighted by molar-refractivity contribution is 0.00560. The summed E-state index contributed by atoms with van der Waals surface area (Å²) < 4.78 is 7.35. The van der Waals surface area contributed by atoms with Crippen LogP contribution in [0.4, 0.5) is 10.6 Å². The number of anilines is 1. The van der Waals surface area contributed by atoms with E-state index in [9.17, 15) is 4.79 Å². The van der Waals surface area contributed by atoms with Gasteiger partial charge in [-0.3, -0.25) is 4.90 Å². The predicted octanol–water partition coefficient (Wildman–Crippen LogP) is 5.54. The van der Waals surface area contributed by atoms with Crippen molar-refractivity contribution in [3.8, 4) is 11.3 Å². The number of nitrogens with zero attached hydrogens (tertiary/aromatic N) is 5. The van der Waals surface area contributed by atoms with Crippen molar-refractivity contribution < 1.29 is 9.53 Å². The van der Waals surface area contributed by atoms with Crippen molar-refractivity contribution in [2.75, 3.05) is 18.0 Å². The number of aromatic nitrogens is 3. The van der Waals surface area contributed by atoms with Gasteiger partial charge in [-0.25, -0.2) is 14.3 Å². The second kappa shape index (κ2) is 8.45. The SMILES string of the molecule is C[C@@H]1CN(c2ccc(Cl)c(-c3cnn4ccc(Cl)cc34)n2)C[C@H](C)N1C(=O)OC(C)(C)C. The number of piperazine rings is 1. The van der Waals surface area contributed by atoms with E-state index < -0.39 is 5.60 Å². The molecule has 170 valence electrons. The van der Waals surface area contributed by atoms with Gasteiger partial charge < -0.3 is 9.64 Å². The summed E-state index contributed by atoms with van der Waals surface area (Å²) in [5, 5.41) is 5.55. The molecule has 3 aromatic heterocycles. The first kappa shape index (κ1) is 22.7. The fourth-order valence-corrected chi connectivity index (χ4v) is 4.49. The zero-order valence-corrected chi connectivity index (χ0v) is 20.4. The van der Waals surface area contributed by atoms with Crippen molar-refractivity contribution >= 4 is 40.6 Å². The van der Waals surface area contributed by atoms with Crippen LogP contribution in [-0.4, -0.2) is 56.4 Å². The van der Waals surface area contributed by atoms with Crippen molar-refractivity contribution in [2.24, 2.45) is 0 Å². The summed E-state index contributed by atoms with van der Waals surface area (Å²) in [6.07, 6.45) is 3.26. The molecule has 4 rings (SSSR count). The maximum Gasteiger partial charge on any atom is 0.410 e. The number of pyridine rings is 2. The van der Waals surface area contributed by atoms with Gasteiger partial charge in [0.05, 0.1) is 34.5 Å². The van der Waals surface area contributed by atoms with Gasteiger partial charge in [0.2, 0.25) is 0 Å². The number of rotatable bonds is 2. The lowest BCUT2D eigenvalue weighted by Crippen LogP contribution is -2.59. The van der Waals surface area contributed by atoms with Crippen LogP contribution < -0.4 is 4.90 Å². The molecule has 0 aromatic carbocycles. The van der Waals surface area contributed by atoms with Crippen molar-refractivity contribution in [3.05, 3.63) is 46.7 Å². The van der Waals surface area contributed by atoms with Crippen LogP contribution in [0.3, 0.4) is 0 Å². The Hall–Kier alpha value is -2.51. The number of hydrogen-bond acceptors (Lipinski definition) is 5. The molecule has 32 heavy (non-hydrogen) atoms. The molecule has 0 bridgehead atoms. The number of hydrogen-bond donors (Lipinski definition) is 0. The molecular weight excluding hydrogens is 449 g/mol. The lowest BCUT2D eigenvalue weighted by atomic mass is 10.1. The van der Waals surface area contributed by atoms with Crippen LogP contribution in [0, 0.1) is 0 Å². The third-order valence-corrected chi connectivity index (χ3v) is 5.96. The Labute approximate surface area is 197 Å². The van der Waals surface area contributed by atoms with Crippen molar-refractivity contribution in [1.82, 2.24) is 19.5 Å². The molecule has 9 heteroatoms. The number of ether oxygens (including phenoxy) is 1. The van der Waals surface area contributed by atoms with E-state index >= 15 is 0 Å². The molecule has 7 nitrogen and oxygen atoms in total. The Bertz CT molecular complexity index is 1140. The minimum atomic E-state index is -0.530. The second-order valence-corrected chi connectivity index (χ2v) is 10.1. The molecule has 1 aliphatic rings. The molecular formula is C23H27Cl2N5O2. The number of halogens is 2. The van der Waals surface area contributed by atoms with E-state index in [1.54, 1.807) is 23.0 Å². The molecule has 3 aromatic rings. The summed E-state index contributed by atoms with van der Waals surface area (Å²) in [5.41, 5.74) is 1.77. The molecule has 1 saturated heterocycles. The van der Waals surface area contributed by atoms with Crippen LogP contribution in [0.1, 0.15) is 34.6 Å². The smallest absolute Gasteiger partial charge is 0.410 e. The van der Waals surface area contributed by atoms with E-state index in [0.29, 0.717) is 28.8 Å². The topological polar surface area (TPSA) is 63.0 Å². The molecule has 0 radical (unpaired) electrons. The summed E-state index contributed by atoms with van der Waals surface area (Å²) in [6.45, 7) is 11.0. The molecule has 0 spiro atoms. The molecule has 4 heterocycles. The quantitative estimate of drug-likeness (QED) is 0.486. The molecule has 0 unspecified atom stereocenters. The maximum atomic E-state index is 12.7. The number of amides is 1. The molecule has 0 aliphatic carbocycles. The standard InChI is InChI=1S/C23H27Cl2N5O2/c1-14-12-28(13-15(2)30(14)22(31)32-23(3,4)5)20-7-6-18(25)21(27-20)17-11-26-29-9-8-16(24)10-19(17)29/h6-11,14-15H,12-13H2,1-5H3/t14-,15+. The van der Waals surface area contributed by atoms with Gasteiger partial charge in [0.25, 0.3) is 0 Å². The molecule has 2 atom stereocenters. The first-order chi connectivity index (χ1) is 15.0. The Morgan fingerprint density at radius 2 is 1.81 bits per heavy atom. The number of carbonyl (C=O) groups is 1. The highest BCUT2D eigenvalue weighted by atomic mass is 35.5. The van der Waals surface area contributed by atoms with Gasteiger partial charge >= 0.3 is 6.09 Å². The highest BCUT2D eigenvalue weighted by Gasteiger charge is 2.36. The van der Waals surface area contributed by atoms with Gasteiger partial charge in [-0.1, -0.05) is 23.2 Å². The van der Waals surface area contributed by atoms with Crippen LogP contribution in [0.2, 0.25) is 10.0 Å². The summed E-state index contributed by atoms with van der Waals surface area (Å²) >= 11 is 12.7. The molecule has 0 N–H and O–H groups in total. The average Bonchev–Trinajstić information content (AvgIpc) is 3.09. The summed E-state index contributed by atoms with van der Waals surface area (Å²) in [4.78, 5) is 21.6. The van der Waals surface area contributed by atoms with E-state index in [-0.39, 0.29) is 18.2 Å². The Balaban J connectivity index is 1.62. The highest BCUT2D eigenvalue weighted by molar-refractivity contribution is 6.33. The lowest BCUT2D eigenvalue weighted by Gasteiger charge is -2.45. The van der Waals surface area contributed by atoms with E-state index in [1.165, 1.54) is 0 Å². The Morgan fingerprint density at radius 1 is 1.12 bits per heavy atom. The third-order valence-electron chi connectivity index (χ3n) is 5.42. The first-order valence-electron chi connectivity index (χ1n) is 10.6. The van der Waals surface area contributed by atoms with Crippen LogP contribution in [0.5, 0.6) is 0 Å². The Kier molecular flexibility index (Phi) is 5.98. The average molecular weight is 476 g/mol. The second-order valence-electron chi connectivity index (χ2n) is 9.22. The summed E-state index contributed by atoms with van der Waals surface area (Å²) in [6, 6.07) is 7.31. The molecule has 1 aliphatic heterocycles. The molecule has 0 saturated carbocycles. The molecule has 1 fully saturated rings. The van der Waals surface area contributed by atoms with Crippen LogP contribution in [-0.2, 0) is 4.74 Å². The van der Waals surface area contributed by atoms with Crippen molar-refractivity contribution in [1.29, 1.82) is 0 Å². The van der Waals surface area contributed by atoms with Gasteiger partial charge in [-0.05, 0) is 58.9 Å². The fraction of sp³-hybridized carbons (Fsp3) is 0.435. The minimum absolute atomic E-state index is 0.0367. The third kappa shape index (κ3) is 4.50. The van der Waals surface area contributed by atoms with E-state index in [1.807, 2.05) is 57.7 Å². The predicted molar refractivity (Wildman–Crippen MR) is 128 cm³/mol. The van der Waals surface area contributed by atoms with Crippen molar-refractivity contribution in [3.63, 3.8) is 0 Å². The van der Waals surface area contributed by atoms with Gasteiger partial charge in [0.15, 0.2) is 0 Å². The van der Waals surface area contributed by atoms with Gasteiger partial charge in [0.1, 0.15) is 11.4 Å².